The topological polar surface area (TPSA) is 47.6 Å². The van der Waals surface area contributed by atoms with Gasteiger partial charge in [-0.25, -0.2) is 4.79 Å². The average Bonchev–Trinajstić information content (AvgIpc) is 2.85. The van der Waals surface area contributed by atoms with Gasteiger partial charge in [-0.3, -0.25) is 9.78 Å². The molecule has 0 spiro atoms. The number of halogens is 3. The second-order valence-electron chi connectivity index (χ2n) is 8.00. The third-order valence-electron chi connectivity index (χ3n) is 5.49. The van der Waals surface area contributed by atoms with E-state index in [1.807, 2.05) is 43.5 Å². The van der Waals surface area contributed by atoms with Gasteiger partial charge < -0.3 is 5.32 Å². The van der Waals surface area contributed by atoms with E-state index >= 15 is 0 Å². The molecule has 0 aliphatic rings. The molecule has 0 radical (unpaired) electrons. The summed E-state index contributed by atoms with van der Waals surface area (Å²) < 4.78 is 39.0. The number of alkyl halides is 3. The number of thioether (sulfide) groups is 1. The van der Waals surface area contributed by atoms with Gasteiger partial charge in [-0.1, -0.05) is 43.3 Å². The van der Waals surface area contributed by atoms with Crippen LogP contribution in [0.1, 0.15) is 35.6 Å². The van der Waals surface area contributed by atoms with Crippen molar-refractivity contribution in [2.45, 2.75) is 39.4 Å². The van der Waals surface area contributed by atoms with Gasteiger partial charge in [0.05, 0.1) is 5.56 Å². The number of carbonyl (C=O) groups is 1. The fourth-order valence-corrected chi connectivity index (χ4v) is 4.01. The van der Waals surface area contributed by atoms with Crippen LogP contribution in [0.25, 0.3) is 11.1 Å². The molecule has 0 amide bonds. The van der Waals surface area contributed by atoms with Crippen LogP contribution in [-0.2, 0) is 28.8 Å². The van der Waals surface area contributed by atoms with Crippen molar-refractivity contribution < 1.29 is 27.7 Å². The van der Waals surface area contributed by atoms with Gasteiger partial charge in [0.2, 0.25) is 0 Å². The Morgan fingerprint density at radius 2 is 1.80 bits per heavy atom. The summed E-state index contributed by atoms with van der Waals surface area (Å²) in [5.41, 5.74) is 4.83. The molecule has 0 saturated heterocycles. The smallest absolute Gasteiger partial charge is 0.381 e. The first-order valence-corrected chi connectivity index (χ1v) is 12.6. The first kappa shape index (κ1) is 26.5. The minimum atomic E-state index is -4.36. The summed E-state index contributed by atoms with van der Waals surface area (Å²) in [5.74, 6) is 0.912. The van der Waals surface area contributed by atoms with E-state index in [0.29, 0.717) is 12.3 Å². The molecule has 35 heavy (non-hydrogen) atoms. The lowest BCUT2D eigenvalue weighted by Gasteiger charge is -2.17. The standard InChI is InChI=1S/C27H28F3NO3S/c1-4-26(32)34-33-25-13-8-19(16-18(25)2)17-31-24-7-5-6-22(23(24)14-15-35-3)20-9-11-21(12-10-20)27(28,29)30/h5-13,16,31H,4,14-15,17H2,1-3H3. The maximum Gasteiger partial charge on any atom is 0.416 e. The summed E-state index contributed by atoms with van der Waals surface area (Å²) in [6, 6.07) is 16.7. The molecule has 1 N–H and O–H groups in total. The molecule has 0 heterocycles. The van der Waals surface area contributed by atoms with Crippen molar-refractivity contribution in [2.75, 3.05) is 17.3 Å². The molecule has 186 valence electrons. The fourth-order valence-electron chi connectivity index (χ4n) is 3.60. The number of anilines is 1. The van der Waals surface area contributed by atoms with E-state index in [1.165, 1.54) is 12.1 Å². The van der Waals surface area contributed by atoms with Crippen molar-refractivity contribution in [1.29, 1.82) is 0 Å². The predicted molar refractivity (Wildman–Crippen MR) is 134 cm³/mol. The van der Waals surface area contributed by atoms with Crippen LogP contribution in [0, 0.1) is 6.92 Å². The lowest BCUT2D eigenvalue weighted by Crippen LogP contribution is -2.08. The van der Waals surface area contributed by atoms with Gasteiger partial charge in [0.15, 0.2) is 5.75 Å². The lowest BCUT2D eigenvalue weighted by atomic mass is 9.95. The van der Waals surface area contributed by atoms with E-state index in [4.69, 9.17) is 9.78 Å². The highest BCUT2D eigenvalue weighted by atomic mass is 32.2. The van der Waals surface area contributed by atoms with Crippen molar-refractivity contribution in [3.05, 3.63) is 82.9 Å². The third kappa shape index (κ3) is 7.18. The van der Waals surface area contributed by atoms with Gasteiger partial charge >= 0.3 is 12.1 Å². The fraction of sp³-hybridized carbons (Fsp3) is 0.296. The number of aryl methyl sites for hydroxylation is 1. The minimum absolute atomic E-state index is 0.228. The maximum absolute atomic E-state index is 13.0. The van der Waals surface area contributed by atoms with Crippen molar-refractivity contribution in [2.24, 2.45) is 0 Å². The number of hydrogen-bond donors (Lipinski definition) is 1. The molecule has 0 fully saturated rings. The summed E-state index contributed by atoms with van der Waals surface area (Å²) in [5, 5.41) is 3.47. The van der Waals surface area contributed by atoms with Gasteiger partial charge in [-0.15, -0.1) is 0 Å². The van der Waals surface area contributed by atoms with Gasteiger partial charge in [0, 0.05) is 18.7 Å². The zero-order valence-corrected chi connectivity index (χ0v) is 20.7. The zero-order valence-electron chi connectivity index (χ0n) is 19.9. The highest BCUT2D eigenvalue weighted by Crippen LogP contribution is 2.34. The van der Waals surface area contributed by atoms with E-state index < -0.39 is 17.7 Å². The largest absolute Gasteiger partial charge is 0.416 e. The number of rotatable bonds is 10. The quantitative estimate of drug-likeness (QED) is 0.230. The Morgan fingerprint density at radius 3 is 2.43 bits per heavy atom. The van der Waals surface area contributed by atoms with E-state index in [1.54, 1.807) is 24.8 Å². The molecule has 3 aromatic carbocycles. The Hall–Kier alpha value is -3.13. The molecule has 0 atom stereocenters. The summed E-state index contributed by atoms with van der Waals surface area (Å²) in [7, 11) is 0. The Balaban J connectivity index is 1.81. The van der Waals surface area contributed by atoms with Crippen LogP contribution in [-0.4, -0.2) is 18.0 Å². The summed E-state index contributed by atoms with van der Waals surface area (Å²) >= 11 is 1.71. The van der Waals surface area contributed by atoms with E-state index in [2.05, 4.69) is 5.32 Å². The molecular formula is C27H28F3NO3S. The van der Waals surface area contributed by atoms with E-state index in [0.717, 1.165) is 57.8 Å². The zero-order chi connectivity index (χ0) is 25.4. The average molecular weight is 504 g/mol. The van der Waals surface area contributed by atoms with E-state index in [-0.39, 0.29) is 6.42 Å². The van der Waals surface area contributed by atoms with Crippen molar-refractivity contribution in [3.8, 4) is 16.9 Å². The van der Waals surface area contributed by atoms with Crippen LogP contribution in [0.3, 0.4) is 0 Å². The highest BCUT2D eigenvalue weighted by molar-refractivity contribution is 7.98. The van der Waals surface area contributed by atoms with Gasteiger partial charge in [-0.2, -0.15) is 24.9 Å². The number of carbonyl (C=O) groups excluding carboxylic acids is 1. The minimum Gasteiger partial charge on any atom is -0.381 e. The molecule has 3 rings (SSSR count). The Labute approximate surface area is 207 Å². The van der Waals surface area contributed by atoms with Crippen LogP contribution in [0.4, 0.5) is 18.9 Å². The number of hydrogen-bond acceptors (Lipinski definition) is 5. The van der Waals surface area contributed by atoms with Crippen molar-refractivity contribution >= 4 is 23.4 Å². The van der Waals surface area contributed by atoms with Gasteiger partial charge in [0.1, 0.15) is 0 Å². The van der Waals surface area contributed by atoms with Crippen molar-refractivity contribution in [3.63, 3.8) is 0 Å². The lowest BCUT2D eigenvalue weighted by molar-refractivity contribution is -0.213. The second-order valence-corrected chi connectivity index (χ2v) is 8.98. The van der Waals surface area contributed by atoms with Crippen LogP contribution in [0.15, 0.2) is 60.7 Å². The number of nitrogens with one attached hydrogen (secondary N) is 1. The summed E-state index contributed by atoms with van der Waals surface area (Å²) in [4.78, 5) is 21.2. The molecular weight excluding hydrogens is 475 g/mol. The van der Waals surface area contributed by atoms with Crippen LogP contribution in [0.5, 0.6) is 5.75 Å². The molecule has 0 aliphatic carbocycles. The van der Waals surface area contributed by atoms with Crippen LogP contribution in [0.2, 0.25) is 0 Å². The second kappa shape index (κ2) is 12.0. The Kier molecular flexibility index (Phi) is 9.09. The van der Waals surface area contributed by atoms with Crippen molar-refractivity contribution in [1.82, 2.24) is 0 Å². The molecule has 4 nitrogen and oxygen atoms in total. The summed E-state index contributed by atoms with van der Waals surface area (Å²) in [6.45, 7) is 4.10. The number of benzene rings is 3. The SMILES string of the molecule is CCC(=O)OOc1ccc(CNc2cccc(-c3ccc(C(F)(F)F)cc3)c2CCSC)cc1C. The molecule has 0 unspecified atom stereocenters. The predicted octanol–water partition coefficient (Wildman–Crippen LogP) is 7.45. The summed E-state index contributed by atoms with van der Waals surface area (Å²) in [6.07, 6.45) is -1.33. The van der Waals surface area contributed by atoms with Crippen LogP contribution < -0.4 is 10.2 Å². The van der Waals surface area contributed by atoms with Gasteiger partial charge in [-0.05, 0) is 77.4 Å². The maximum atomic E-state index is 13.0. The first-order valence-electron chi connectivity index (χ1n) is 11.2. The highest BCUT2D eigenvalue weighted by Gasteiger charge is 2.30. The third-order valence-corrected chi connectivity index (χ3v) is 6.10. The molecule has 3 aromatic rings. The monoisotopic (exact) mass is 503 g/mol. The molecule has 8 heteroatoms. The Morgan fingerprint density at radius 1 is 1.06 bits per heavy atom. The van der Waals surface area contributed by atoms with Crippen LogP contribution >= 0.6 is 11.8 Å². The van der Waals surface area contributed by atoms with Gasteiger partial charge in [0.25, 0.3) is 0 Å². The molecule has 0 saturated carbocycles. The van der Waals surface area contributed by atoms with E-state index in [9.17, 15) is 18.0 Å². The normalized spacial score (nSPS) is 11.3. The molecule has 0 aromatic heterocycles. The molecule has 0 aliphatic heterocycles. The Bertz CT molecular complexity index is 1150. The first-order chi connectivity index (χ1) is 16.7. The molecule has 0 bridgehead atoms.